The molecule has 17 heteroatoms. The van der Waals surface area contributed by atoms with Gasteiger partial charge in [-0.25, -0.2) is 9.48 Å². The largest absolute Gasteiger partial charge is 0.460 e. The molecule has 0 spiro atoms. The van der Waals surface area contributed by atoms with E-state index in [1.165, 1.54) is 12.0 Å². The van der Waals surface area contributed by atoms with Crippen LogP contribution in [0.4, 0.5) is 0 Å². The second-order valence-corrected chi connectivity index (χ2v) is 20.4. The zero-order valence-corrected chi connectivity index (χ0v) is 42.5. The van der Waals surface area contributed by atoms with Crippen LogP contribution < -0.4 is 0 Å². The molecule has 2 saturated heterocycles. The van der Waals surface area contributed by atoms with Crippen LogP contribution in [0.1, 0.15) is 132 Å². The van der Waals surface area contributed by atoms with E-state index < -0.39 is 77.8 Å². The Hall–Kier alpha value is -4.26. The van der Waals surface area contributed by atoms with Crippen LogP contribution in [-0.2, 0) is 47.7 Å². The molecule has 0 radical (unpaired) electrons. The highest BCUT2D eigenvalue weighted by molar-refractivity contribution is 6.39. The van der Waals surface area contributed by atoms with Crippen molar-refractivity contribution >= 4 is 29.2 Å². The first kappa shape index (κ1) is 55.7. The van der Waals surface area contributed by atoms with Crippen molar-refractivity contribution in [3.63, 3.8) is 0 Å². The summed E-state index contributed by atoms with van der Waals surface area (Å²) in [5.74, 6) is -7.92. The van der Waals surface area contributed by atoms with Gasteiger partial charge in [0.2, 0.25) is 5.79 Å². The fraction of sp³-hybridized carbons (Fsp3) is 0.731. The lowest BCUT2D eigenvalue weighted by Crippen LogP contribution is -2.61. The predicted molar refractivity (Wildman–Crippen MR) is 256 cm³/mol. The number of hydrogen-bond acceptors (Lipinski definition) is 15. The molecule has 1 amide bonds. The Morgan fingerprint density at radius 1 is 0.884 bits per heavy atom. The number of nitrogens with zero attached hydrogens (tertiary/aromatic N) is 5. The van der Waals surface area contributed by atoms with Crippen molar-refractivity contribution in [2.24, 2.45) is 35.5 Å². The van der Waals surface area contributed by atoms with E-state index in [9.17, 15) is 34.2 Å². The summed E-state index contributed by atoms with van der Waals surface area (Å²) in [6.07, 6.45) is 13.9. The second kappa shape index (κ2) is 25.7. The SMILES string of the molecule is CO[C@H]1C[C@@H]2CC[C@@H](C)[C@@](O)(O2)C(=O)C(=O)N2CCCC[C@H]2C(=O)O[C@H]([C@H](C)CC2CCC(n3cnnn3)[C@H](OC)C2)CC(=O)[C@H](C)/C=C(\C)[C@@H](O)[C@@H](OC)C(=O)[C@H](C)C[C@H](C)/C=C/C=CC=C1C. The molecular formula is C52H79N5O12. The zero-order valence-electron chi connectivity index (χ0n) is 42.5. The van der Waals surface area contributed by atoms with Crippen molar-refractivity contribution in [2.45, 2.75) is 180 Å². The minimum atomic E-state index is -2.43. The molecule has 2 unspecified atom stereocenters. The third-order valence-corrected chi connectivity index (χ3v) is 15.2. The number of ether oxygens (including phenoxy) is 5. The van der Waals surface area contributed by atoms with Crippen LogP contribution >= 0.6 is 0 Å². The lowest BCUT2D eigenvalue weighted by molar-refractivity contribution is -0.265. The number of cyclic esters (lactones) is 1. The van der Waals surface area contributed by atoms with Crippen LogP contribution in [0.2, 0.25) is 0 Å². The summed E-state index contributed by atoms with van der Waals surface area (Å²) in [5.41, 5.74) is 1.27. The van der Waals surface area contributed by atoms with Gasteiger partial charge in [0.25, 0.3) is 11.7 Å². The highest BCUT2D eigenvalue weighted by Gasteiger charge is 2.53. The summed E-state index contributed by atoms with van der Waals surface area (Å²) < 4.78 is 31.6. The van der Waals surface area contributed by atoms with Gasteiger partial charge in [0, 0.05) is 58.5 Å². The number of esters is 1. The zero-order chi connectivity index (χ0) is 50.6. The number of carbonyl (C=O) groups excluding carboxylic acids is 5. The van der Waals surface area contributed by atoms with E-state index >= 15 is 0 Å². The smallest absolute Gasteiger partial charge is 0.329 e. The van der Waals surface area contributed by atoms with Gasteiger partial charge in [0.1, 0.15) is 36.5 Å². The van der Waals surface area contributed by atoms with Gasteiger partial charge in [-0.1, -0.05) is 71.1 Å². The molecule has 1 aliphatic carbocycles. The number of amides is 1. The molecule has 0 aromatic carbocycles. The number of methoxy groups -OCH3 is 3. The Morgan fingerprint density at radius 2 is 1.64 bits per heavy atom. The first-order chi connectivity index (χ1) is 32.8. The lowest BCUT2D eigenvalue weighted by atomic mass is 9.77. The summed E-state index contributed by atoms with van der Waals surface area (Å²) in [6.45, 7) is 12.8. The molecule has 17 nitrogen and oxygen atoms in total. The average Bonchev–Trinajstić information content (AvgIpc) is 3.88. The number of aliphatic hydroxyl groups excluding tert-OH is 1. The summed E-state index contributed by atoms with van der Waals surface area (Å²) in [5, 5.41) is 35.2. The van der Waals surface area contributed by atoms with Crippen molar-refractivity contribution in [3.8, 4) is 0 Å². The lowest BCUT2D eigenvalue weighted by Gasteiger charge is -2.42. The molecule has 1 aromatic heterocycles. The van der Waals surface area contributed by atoms with Gasteiger partial charge >= 0.3 is 5.97 Å². The van der Waals surface area contributed by atoms with Crippen LogP contribution in [-0.4, -0.2) is 141 Å². The molecular weight excluding hydrogens is 887 g/mol. The van der Waals surface area contributed by atoms with Crippen molar-refractivity contribution < 1.29 is 57.9 Å². The summed E-state index contributed by atoms with van der Waals surface area (Å²) in [6, 6.07) is -1.19. The molecule has 1 aromatic rings. The van der Waals surface area contributed by atoms with Gasteiger partial charge in [-0.2, -0.15) is 0 Å². The molecule has 4 heterocycles. The molecule has 4 aliphatic rings. The Bertz CT molecular complexity index is 2020. The van der Waals surface area contributed by atoms with E-state index in [-0.39, 0.29) is 60.9 Å². The van der Waals surface area contributed by atoms with Crippen LogP contribution in [0.25, 0.3) is 0 Å². The minimum Gasteiger partial charge on any atom is -0.460 e. The maximum Gasteiger partial charge on any atom is 0.329 e. The highest BCUT2D eigenvalue weighted by Crippen LogP contribution is 2.39. The Labute approximate surface area is 408 Å². The van der Waals surface area contributed by atoms with Crippen molar-refractivity contribution in [1.82, 2.24) is 25.1 Å². The van der Waals surface area contributed by atoms with Crippen molar-refractivity contribution in [1.29, 1.82) is 0 Å². The van der Waals surface area contributed by atoms with Gasteiger partial charge in [0.15, 0.2) is 5.78 Å². The number of allylic oxidation sites excluding steroid dienone is 6. The Morgan fingerprint density at radius 3 is 2.32 bits per heavy atom. The summed E-state index contributed by atoms with van der Waals surface area (Å²) in [4.78, 5) is 72.3. The number of hydrogen-bond donors (Lipinski definition) is 2. The van der Waals surface area contributed by atoms with E-state index in [2.05, 4.69) is 15.5 Å². The van der Waals surface area contributed by atoms with E-state index in [4.69, 9.17) is 23.7 Å². The number of tetrazole rings is 1. The van der Waals surface area contributed by atoms with E-state index in [1.807, 2.05) is 58.1 Å². The number of aromatic nitrogens is 4. The quantitative estimate of drug-likeness (QED) is 0.181. The van der Waals surface area contributed by atoms with Crippen molar-refractivity contribution in [2.75, 3.05) is 27.9 Å². The summed E-state index contributed by atoms with van der Waals surface area (Å²) in [7, 11) is 4.62. The molecule has 15 atom stereocenters. The van der Waals surface area contributed by atoms with E-state index in [1.54, 1.807) is 52.1 Å². The number of ketones is 3. The molecule has 3 aliphatic heterocycles. The normalized spacial score (nSPS) is 37.5. The minimum absolute atomic E-state index is 0.0170. The second-order valence-electron chi connectivity index (χ2n) is 20.4. The predicted octanol–water partition coefficient (Wildman–Crippen LogP) is 6.05. The Kier molecular flexibility index (Phi) is 20.8. The number of fused-ring (bicyclic) bond motifs is 3. The van der Waals surface area contributed by atoms with Gasteiger partial charge < -0.3 is 38.8 Å². The number of rotatable bonds is 7. The number of carbonyl (C=O) groups is 5. The van der Waals surface area contributed by atoms with Crippen LogP contribution in [0.5, 0.6) is 0 Å². The van der Waals surface area contributed by atoms with E-state index in [0.29, 0.717) is 56.9 Å². The number of aliphatic hydroxyl groups is 2. The molecule has 69 heavy (non-hydrogen) atoms. The van der Waals surface area contributed by atoms with Gasteiger partial charge in [0.05, 0.1) is 24.4 Å². The van der Waals surface area contributed by atoms with Crippen LogP contribution in [0.3, 0.4) is 0 Å². The van der Waals surface area contributed by atoms with Gasteiger partial charge in [-0.3, -0.25) is 19.2 Å². The highest BCUT2D eigenvalue weighted by atomic mass is 16.6. The molecule has 2 bridgehead atoms. The van der Waals surface area contributed by atoms with Crippen LogP contribution in [0, 0.1) is 35.5 Å². The summed E-state index contributed by atoms with van der Waals surface area (Å²) >= 11 is 0. The molecule has 3 fully saturated rings. The average molecular weight is 966 g/mol. The van der Waals surface area contributed by atoms with Gasteiger partial charge in [-0.05, 0) is 117 Å². The first-order valence-corrected chi connectivity index (χ1v) is 25.0. The maximum atomic E-state index is 14.5. The number of Topliss-reactive ketones (excluding diaryl/α,β-unsaturated/α-hetero) is 3. The fourth-order valence-corrected chi connectivity index (χ4v) is 10.7. The molecule has 2 N–H and O–H groups in total. The monoisotopic (exact) mass is 966 g/mol. The van der Waals surface area contributed by atoms with Crippen molar-refractivity contribution in [3.05, 3.63) is 53.9 Å². The molecule has 1 saturated carbocycles. The third kappa shape index (κ3) is 14.2. The Balaban J connectivity index is 1.46. The third-order valence-electron chi connectivity index (χ3n) is 15.2. The maximum absolute atomic E-state index is 14.5. The fourth-order valence-electron chi connectivity index (χ4n) is 10.7. The number of piperidine rings is 1. The van der Waals surface area contributed by atoms with Crippen LogP contribution in [0.15, 0.2) is 53.9 Å². The molecule has 384 valence electrons. The van der Waals surface area contributed by atoms with Gasteiger partial charge in [-0.15, -0.1) is 5.10 Å². The van der Waals surface area contributed by atoms with E-state index in [0.717, 1.165) is 18.4 Å². The molecule has 5 rings (SSSR count). The first-order valence-electron chi connectivity index (χ1n) is 25.0. The topological polar surface area (TPSA) is 219 Å². The standard InChI is InChI=1S/C52H79N5O12/c1-31-16-12-11-13-17-32(2)43(65-8)28-39-21-19-37(7)52(64,69-39)49(61)50(62)56-23-15-14-18-41(56)51(63)68-44(34(4)26-38-20-22-40(45(27-38)66-9)57-30-53-54-55-57)29-42(58)33(3)25-36(6)47(60)48(67-10)46(59)35(5)24-31/h11-13,16-17,25,30-31,33-35,37-41,43-45,47-48,60,64H,14-15,18-24,26-29H2,1-10H3/b13-11?,16-12+,32-17?,36-25+/t31-,33-,34-,35-,37-,38?,39+,40?,41+,43+,44+,45-,47-,48+,52-/m1/s1.